The molecule has 1 unspecified atom stereocenters. The summed E-state index contributed by atoms with van der Waals surface area (Å²) >= 11 is 1.92. The highest BCUT2D eigenvalue weighted by Crippen LogP contribution is 2.30. The van der Waals surface area contributed by atoms with Crippen molar-refractivity contribution in [3.8, 4) is 0 Å². The summed E-state index contributed by atoms with van der Waals surface area (Å²) in [5.74, 6) is 0. The van der Waals surface area contributed by atoms with Crippen LogP contribution in [0.25, 0.3) is 0 Å². The predicted molar refractivity (Wildman–Crippen MR) is 55.3 cm³/mol. The van der Waals surface area contributed by atoms with Gasteiger partial charge in [-0.15, -0.1) is 0 Å². The first-order chi connectivity index (χ1) is 6.45. The van der Waals surface area contributed by atoms with Crippen molar-refractivity contribution in [2.75, 3.05) is 4.43 Å². The molecule has 0 fully saturated rings. The van der Waals surface area contributed by atoms with Gasteiger partial charge in [-0.05, 0) is 17.7 Å². The second-order valence-corrected chi connectivity index (χ2v) is 3.67. The standard InChI is InChI=1S/C9H8F3IO/c10-9(11,12)7-3-1-2-6(4-7)8(14)5-13/h1-4,8,14H,5H2. The average Bonchev–Trinajstić information content (AvgIpc) is 2.15. The zero-order chi connectivity index (χ0) is 10.8. The van der Waals surface area contributed by atoms with Crippen molar-refractivity contribution in [3.05, 3.63) is 35.4 Å². The maximum absolute atomic E-state index is 12.3. The minimum Gasteiger partial charge on any atom is -0.388 e. The summed E-state index contributed by atoms with van der Waals surface area (Å²) < 4.78 is 37.1. The second kappa shape index (κ2) is 4.48. The zero-order valence-electron chi connectivity index (χ0n) is 7.05. The van der Waals surface area contributed by atoms with Crippen LogP contribution in [0.4, 0.5) is 13.2 Å². The van der Waals surface area contributed by atoms with Crippen LogP contribution in [0.5, 0.6) is 0 Å². The number of aliphatic hydroxyl groups is 1. The van der Waals surface area contributed by atoms with Gasteiger partial charge in [0.25, 0.3) is 0 Å². The highest BCUT2D eigenvalue weighted by molar-refractivity contribution is 14.1. The smallest absolute Gasteiger partial charge is 0.388 e. The van der Waals surface area contributed by atoms with Crippen LogP contribution >= 0.6 is 22.6 Å². The summed E-state index contributed by atoms with van der Waals surface area (Å²) in [6, 6.07) is 4.75. The number of benzene rings is 1. The molecule has 0 saturated heterocycles. The number of hydrogen-bond donors (Lipinski definition) is 1. The number of hydrogen-bond acceptors (Lipinski definition) is 1. The van der Waals surface area contributed by atoms with Crippen LogP contribution < -0.4 is 0 Å². The Labute approximate surface area is 93.1 Å². The van der Waals surface area contributed by atoms with Crippen LogP contribution in [0, 0.1) is 0 Å². The highest BCUT2D eigenvalue weighted by Gasteiger charge is 2.30. The molecule has 0 saturated carbocycles. The van der Waals surface area contributed by atoms with E-state index >= 15 is 0 Å². The van der Waals surface area contributed by atoms with E-state index in [9.17, 15) is 18.3 Å². The van der Waals surface area contributed by atoms with Gasteiger partial charge < -0.3 is 5.11 Å². The largest absolute Gasteiger partial charge is 0.416 e. The molecule has 14 heavy (non-hydrogen) atoms. The Bertz CT molecular complexity index is 311. The highest BCUT2D eigenvalue weighted by atomic mass is 127. The van der Waals surface area contributed by atoms with Crippen molar-refractivity contribution in [3.63, 3.8) is 0 Å². The first kappa shape index (κ1) is 11.8. The lowest BCUT2D eigenvalue weighted by Crippen LogP contribution is -2.07. The van der Waals surface area contributed by atoms with E-state index in [1.54, 1.807) is 0 Å². The fourth-order valence-corrected chi connectivity index (χ4v) is 1.52. The minimum atomic E-state index is -4.35. The fraction of sp³-hybridized carbons (Fsp3) is 0.333. The Morgan fingerprint density at radius 2 is 2.00 bits per heavy atom. The van der Waals surface area contributed by atoms with Crippen LogP contribution in [0.3, 0.4) is 0 Å². The van der Waals surface area contributed by atoms with E-state index in [2.05, 4.69) is 0 Å². The molecule has 0 radical (unpaired) electrons. The van der Waals surface area contributed by atoms with Crippen molar-refractivity contribution >= 4 is 22.6 Å². The van der Waals surface area contributed by atoms with E-state index in [0.29, 0.717) is 9.99 Å². The third kappa shape index (κ3) is 2.84. The van der Waals surface area contributed by atoms with E-state index in [1.165, 1.54) is 12.1 Å². The molecule has 0 spiro atoms. The molecule has 1 N–H and O–H groups in total. The first-order valence-corrected chi connectivity index (χ1v) is 5.39. The summed E-state index contributed by atoms with van der Waals surface area (Å²) in [6.45, 7) is 0. The van der Waals surface area contributed by atoms with Gasteiger partial charge in [-0.25, -0.2) is 0 Å². The fourth-order valence-electron chi connectivity index (χ4n) is 1.01. The Balaban J connectivity index is 3.01. The molecular weight excluding hydrogens is 308 g/mol. The number of halogens is 4. The number of aliphatic hydroxyl groups excluding tert-OH is 1. The van der Waals surface area contributed by atoms with Gasteiger partial charge in [0.2, 0.25) is 0 Å². The van der Waals surface area contributed by atoms with Gasteiger partial charge in [0.1, 0.15) is 0 Å². The van der Waals surface area contributed by atoms with Crippen molar-refractivity contribution < 1.29 is 18.3 Å². The quantitative estimate of drug-likeness (QED) is 0.656. The topological polar surface area (TPSA) is 20.2 Å². The molecule has 1 nitrogen and oxygen atoms in total. The van der Waals surface area contributed by atoms with Crippen molar-refractivity contribution in [1.29, 1.82) is 0 Å². The van der Waals surface area contributed by atoms with Gasteiger partial charge in [0, 0.05) is 4.43 Å². The lowest BCUT2D eigenvalue weighted by atomic mass is 10.1. The zero-order valence-corrected chi connectivity index (χ0v) is 9.21. The summed E-state index contributed by atoms with van der Waals surface area (Å²) in [6.07, 6.45) is -5.18. The molecule has 0 amide bonds. The Morgan fingerprint density at radius 3 is 2.50 bits per heavy atom. The Kier molecular flexibility index (Phi) is 3.77. The van der Waals surface area contributed by atoms with Crippen LogP contribution in [-0.2, 0) is 6.18 Å². The van der Waals surface area contributed by atoms with Crippen LogP contribution in [-0.4, -0.2) is 9.53 Å². The van der Waals surface area contributed by atoms with Gasteiger partial charge in [-0.1, -0.05) is 34.7 Å². The summed E-state index contributed by atoms with van der Waals surface area (Å²) in [5.41, 5.74) is -0.423. The molecule has 78 valence electrons. The average molecular weight is 316 g/mol. The van der Waals surface area contributed by atoms with E-state index in [0.717, 1.165) is 12.1 Å². The monoisotopic (exact) mass is 316 g/mol. The Hall–Kier alpha value is -0.300. The van der Waals surface area contributed by atoms with Crippen LogP contribution in [0.1, 0.15) is 17.2 Å². The third-order valence-electron chi connectivity index (χ3n) is 1.74. The molecule has 0 aliphatic carbocycles. The molecule has 0 bridgehead atoms. The second-order valence-electron chi connectivity index (χ2n) is 2.79. The van der Waals surface area contributed by atoms with E-state index in [1.807, 2.05) is 22.6 Å². The first-order valence-electron chi connectivity index (χ1n) is 3.86. The van der Waals surface area contributed by atoms with Crippen LogP contribution in [0.2, 0.25) is 0 Å². The summed E-state index contributed by atoms with van der Waals surface area (Å²) in [4.78, 5) is 0. The number of alkyl halides is 4. The number of rotatable bonds is 2. The van der Waals surface area contributed by atoms with E-state index in [4.69, 9.17) is 0 Å². The van der Waals surface area contributed by atoms with Crippen LogP contribution in [0.15, 0.2) is 24.3 Å². The molecule has 5 heteroatoms. The molecule has 0 aliphatic heterocycles. The molecule has 1 atom stereocenters. The SMILES string of the molecule is OC(CI)c1cccc(C(F)(F)F)c1. The molecule has 0 aliphatic rings. The van der Waals surface area contributed by atoms with Crippen molar-refractivity contribution in [1.82, 2.24) is 0 Å². The van der Waals surface area contributed by atoms with E-state index < -0.39 is 17.8 Å². The molecule has 1 aromatic rings. The Morgan fingerprint density at radius 1 is 1.36 bits per heavy atom. The summed E-state index contributed by atoms with van der Waals surface area (Å²) in [5, 5.41) is 9.34. The lowest BCUT2D eigenvalue weighted by Gasteiger charge is -2.11. The van der Waals surface area contributed by atoms with Gasteiger partial charge in [0.05, 0.1) is 11.7 Å². The molecular formula is C9H8F3IO. The van der Waals surface area contributed by atoms with Gasteiger partial charge in [0.15, 0.2) is 0 Å². The molecule has 0 aromatic heterocycles. The van der Waals surface area contributed by atoms with E-state index in [-0.39, 0.29) is 0 Å². The molecule has 1 rings (SSSR count). The molecule has 0 heterocycles. The van der Waals surface area contributed by atoms with Gasteiger partial charge >= 0.3 is 6.18 Å². The lowest BCUT2D eigenvalue weighted by molar-refractivity contribution is -0.137. The maximum Gasteiger partial charge on any atom is 0.416 e. The summed E-state index contributed by atoms with van der Waals surface area (Å²) in [7, 11) is 0. The maximum atomic E-state index is 12.3. The van der Waals surface area contributed by atoms with Crippen molar-refractivity contribution in [2.45, 2.75) is 12.3 Å². The predicted octanol–water partition coefficient (Wildman–Crippen LogP) is 3.17. The minimum absolute atomic E-state index is 0.300. The van der Waals surface area contributed by atoms with Gasteiger partial charge in [-0.3, -0.25) is 0 Å². The van der Waals surface area contributed by atoms with Crippen molar-refractivity contribution in [2.24, 2.45) is 0 Å². The molecule has 1 aromatic carbocycles. The van der Waals surface area contributed by atoms with Gasteiger partial charge in [-0.2, -0.15) is 13.2 Å². The third-order valence-corrected chi connectivity index (χ3v) is 2.58. The normalized spacial score (nSPS) is 14.1.